The number of nitrogens with one attached hydrogen (secondary N) is 2. The number of hydrogen-bond donors (Lipinski definition) is 2. The molecule has 2 heterocycles. The molecular formula is C16H22ClN5O3. The van der Waals surface area contributed by atoms with Gasteiger partial charge in [-0.25, -0.2) is 0 Å². The summed E-state index contributed by atoms with van der Waals surface area (Å²) in [5.41, 5.74) is 5.32. The summed E-state index contributed by atoms with van der Waals surface area (Å²) in [6, 6.07) is 3.32. The highest BCUT2D eigenvalue weighted by atomic mass is 35.5. The van der Waals surface area contributed by atoms with Gasteiger partial charge in [0.15, 0.2) is 5.76 Å². The van der Waals surface area contributed by atoms with Crippen LogP contribution >= 0.6 is 11.6 Å². The molecule has 0 spiro atoms. The maximum absolute atomic E-state index is 12.2. The predicted octanol–water partition coefficient (Wildman–Crippen LogP) is 1.89. The molecule has 0 saturated carbocycles. The largest absolute Gasteiger partial charge is 0.454 e. The van der Waals surface area contributed by atoms with Gasteiger partial charge in [0.2, 0.25) is 0 Å². The highest BCUT2D eigenvalue weighted by molar-refractivity contribution is 6.33. The number of carbonyl (C=O) groups is 2. The smallest absolute Gasteiger partial charge is 0.305 e. The predicted molar refractivity (Wildman–Crippen MR) is 93.2 cm³/mol. The van der Waals surface area contributed by atoms with Gasteiger partial charge in [0, 0.05) is 7.05 Å². The summed E-state index contributed by atoms with van der Waals surface area (Å²) in [7, 11) is 1.63. The van der Waals surface area contributed by atoms with Crippen molar-refractivity contribution in [2.24, 2.45) is 7.05 Å². The number of amides is 2. The number of hydrogen-bond acceptors (Lipinski definition) is 5. The van der Waals surface area contributed by atoms with Gasteiger partial charge >= 0.3 is 5.91 Å². The maximum atomic E-state index is 12.2. The van der Waals surface area contributed by atoms with Gasteiger partial charge in [0.25, 0.3) is 5.91 Å². The van der Waals surface area contributed by atoms with E-state index in [9.17, 15) is 9.59 Å². The van der Waals surface area contributed by atoms with Gasteiger partial charge in [0.1, 0.15) is 16.5 Å². The van der Waals surface area contributed by atoms with Gasteiger partial charge in [-0.15, -0.1) is 0 Å². The lowest BCUT2D eigenvalue weighted by Gasteiger charge is -2.15. The maximum Gasteiger partial charge on any atom is 0.305 e. The van der Waals surface area contributed by atoms with Crippen LogP contribution in [0.4, 0.5) is 0 Å². The number of aryl methyl sites for hydroxylation is 2. The molecule has 0 bridgehead atoms. The number of hydrazine groups is 1. The van der Waals surface area contributed by atoms with Gasteiger partial charge in [-0.3, -0.25) is 30.0 Å². The Labute approximate surface area is 151 Å². The zero-order valence-electron chi connectivity index (χ0n) is 14.7. The highest BCUT2D eigenvalue weighted by Gasteiger charge is 2.20. The minimum atomic E-state index is -0.545. The number of halogens is 1. The third-order valence-electron chi connectivity index (χ3n) is 3.83. The Morgan fingerprint density at radius 1 is 1.24 bits per heavy atom. The van der Waals surface area contributed by atoms with Crippen molar-refractivity contribution in [1.82, 2.24) is 25.5 Å². The number of carbonyl (C=O) groups excluding carboxylic acids is 2. The van der Waals surface area contributed by atoms with Crippen LogP contribution in [-0.4, -0.2) is 39.6 Å². The average Bonchev–Trinajstić information content (AvgIpc) is 3.15. The molecule has 136 valence electrons. The molecule has 2 aromatic heterocycles. The van der Waals surface area contributed by atoms with E-state index in [1.807, 2.05) is 0 Å². The third kappa shape index (κ3) is 4.40. The van der Waals surface area contributed by atoms with E-state index in [4.69, 9.17) is 16.0 Å². The summed E-state index contributed by atoms with van der Waals surface area (Å²) in [6.07, 6.45) is 0. The number of furan rings is 1. The molecule has 0 unspecified atom stereocenters. The van der Waals surface area contributed by atoms with Crippen LogP contribution in [0.5, 0.6) is 0 Å². The molecule has 0 aliphatic heterocycles. The Kier molecular flexibility index (Phi) is 6.22. The Morgan fingerprint density at radius 2 is 1.88 bits per heavy atom. The second kappa shape index (κ2) is 8.17. The van der Waals surface area contributed by atoms with Crippen LogP contribution in [0.2, 0.25) is 5.15 Å². The van der Waals surface area contributed by atoms with Crippen molar-refractivity contribution in [2.75, 3.05) is 13.1 Å². The molecule has 8 nitrogen and oxygen atoms in total. The van der Waals surface area contributed by atoms with E-state index in [1.54, 1.807) is 26.1 Å². The lowest BCUT2D eigenvalue weighted by molar-refractivity contribution is 0.0828. The van der Waals surface area contributed by atoms with Crippen molar-refractivity contribution in [1.29, 1.82) is 0 Å². The number of nitrogens with zero attached hydrogens (tertiary/aromatic N) is 3. The van der Waals surface area contributed by atoms with Gasteiger partial charge in [-0.1, -0.05) is 25.4 Å². The fraction of sp³-hybridized carbons (Fsp3) is 0.438. The molecule has 0 fully saturated rings. The van der Waals surface area contributed by atoms with Gasteiger partial charge < -0.3 is 4.42 Å². The van der Waals surface area contributed by atoms with Crippen LogP contribution in [0.15, 0.2) is 16.5 Å². The lowest BCUT2D eigenvalue weighted by Crippen LogP contribution is -2.41. The Morgan fingerprint density at radius 3 is 2.44 bits per heavy atom. The van der Waals surface area contributed by atoms with Crippen molar-refractivity contribution < 1.29 is 14.0 Å². The fourth-order valence-electron chi connectivity index (χ4n) is 2.38. The number of rotatable bonds is 6. The monoisotopic (exact) mass is 367 g/mol. The minimum Gasteiger partial charge on any atom is -0.454 e. The van der Waals surface area contributed by atoms with Crippen LogP contribution in [0, 0.1) is 6.92 Å². The third-order valence-corrected chi connectivity index (χ3v) is 4.26. The van der Waals surface area contributed by atoms with Gasteiger partial charge in [0.05, 0.1) is 12.2 Å². The first-order valence-corrected chi connectivity index (χ1v) is 8.36. The Hall–Kier alpha value is -2.32. The Bertz CT molecular complexity index is 764. The van der Waals surface area contributed by atoms with E-state index < -0.39 is 11.8 Å². The average molecular weight is 368 g/mol. The summed E-state index contributed by atoms with van der Waals surface area (Å²) < 4.78 is 6.91. The second-order valence-corrected chi connectivity index (χ2v) is 5.87. The number of aromatic nitrogens is 2. The van der Waals surface area contributed by atoms with E-state index in [-0.39, 0.29) is 16.5 Å². The van der Waals surface area contributed by atoms with Crippen LogP contribution in [-0.2, 0) is 13.6 Å². The molecule has 25 heavy (non-hydrogen) atoms. The molecule has 0 aliphatic carbocycles. The van der Waals surface area contributed by atoms with E-state index in [0.717, 1.165) is 13.1 Å². The lowest BCUT2D eigenvalue weighted by atomic mass is 10.2. The van der Waals surface area contributed by atoms with Gasteiger partial charge in [-0.05, 0) is 32.1 Å². The molecule has 9 heteroatoms. The van der Waals surface area contributed by atoms with E-state index in [2.05, 4.69) is 34.7 Å². The zero-order valence-corrected chi connectivity index (χ0v) is 15.5. The van der Waals surface area contributed by atoms with Crippen molar-refractivity contribution in [3.63, 3.8) is 0 Å². The van der Waals surface area contributed by atoms with Crippen LogP contribution < -0.4 is 10.9 Å². The summed E-state index contributed by atoms with van der Waals surface area (Å²) in [5.74, 6) is -0.279. The van der Waals surface area contributed by atoms with Crippen LogP contribution in [0.1, 0.15) is 46.2 Å². The van der Waals surface area contributed by atoms with E-state index >= 15 is 0 Å². The van der Waals surface area contributed by atoms with Crippen LogP contribution in [0.25, 0.3) is 0 Å². The van der Waals surface area contributed by atoms with Crippen molar-refractivity contribution in [3.05, 3.63) is 40.1 Å². The summed E-state index contributed by atoms with van der Waals surface area (Å²) >= 11 is 6.02. The molecule has 0 atom stereocenters. The van der Waals surface area contributed by atoms with Gasteiger partial charge in [-0.2, -0.15) is 5.10 Å². The second-order valence-electron chi connectivity index (χ2n) is 5.51. The van der Waals surface area contributed by atoms with Crippen molar-refractivity contribution >= 4 is 23.4 Å². The summed E-state index contributed by atoms with van der Waals surface area (Å²) in [5, 5.41) is 4.25. The Balaban J connectivity index is 1.96. The zero-order chi connectivity index (χ0) is 18.6. The molecule has 2 amide bonds. The van der Waals surface area contributed by atoms with E-state index in [0.29, 0.717) is 18.0 Å². The fourth-order valence-corrected chi connectivity index (χ4v) is 2.64. The molecule has 0 saturated heterocycles. The first kappa shape index (κ1) is 19.0. The molecule has 0 radical (unpaired) electrons. The summed E-state index contributed by atoms with van der Waals surface area (Å²) in [4.78, 5) is 26.4. The first-order chi connectivity index (χ1) is 11.9. The molecule has 2 rings (SSSR count). The molecule has 2 N–H and O–H groups in total. The molecule has 0 aliphatic rings. The minimum absolute atomic E-state index is 0.122. The first-order valence-electron chi connectivity index (χ1n) is 7.98. The summed E-state index contributed by atoms with van der Waals surface area (Å²) in [6.45, 7) is 8.17. The SMILES string of the molecule is CCN(CC)Cc1ccc(C(=O)NNC(=O)c2c(C)nn(C)c2Cl)o1. The highest BCUT2D eigenvalue weighted by Crippen LogP contribution is 2.18. The van der Waals surface area contributed by atoms with Crippen molar-refractivity contribution in [3.8, 4) is 0 Å². The van der Waals surface area contributed by atoms with E-state index in [1.165, 1.54) is 4.68 Å². The quantitative estimate of drug-likeness (QED) is 0.760. The topological polar surface area (TPSA) is 92.4 Å². The standard InChI is InChI=1S/C16H22ClN5O3/c1-5-22(6-2)9-11-7-8-12(25-11)15(23)18-19-16(24)13-10(3)20-21(4)14(13)17/h7-8H,5-6,9H2,1-4H3,(H,18,23)(H,19,24). The van der Waals surface area contributed by atoms with Crippen LogP contribution in [0.3, 0.4) is 0 Å². The molecule has 2 aromatic rings. The molecule has 0 aromatic carbocycles. The molecular weight excluding hydrogens is 346 g/mol. The normalized spacial score (nSPS) is 11.0. The van der Waals surface area contributed by atoms with Crippen molar-refractivity contribution in [2.45, 2.75) is 27.3 Å².